The number of hydrogen-bond acceptors (Lipinski definition) is 5. The molecule has 0 unspecified atom stereocenters. The highest BCUT2D eigenvalue weighted by molar-refractivity contribution is 5.94. The lowest BCUT2D eigenvalue weighted by molar-refractivity contribution is 0.0499. The molecule has 10 heteroatoms. The third-order valence-corrected chi connectivity index (χ3v) is 5.99. The molecule has 2 N–H and O–H groups in total. The maximum absolute atomic E-state index is 15.8. The number of carboxylic acids is 1. The van der Waals surface area contributed by atoms with Gasteiger partial charge in [-0.15, -0.1) is 0 Å². The zero-order valence-corrected chi connectivity index (χ0v) is 18.9. The summed E-state index contributed by atoms with van der Waals surface area (Å²) in [5.41, 5.74) is -2.50. The van der Waals surface area contributed by atoms with Gasteiger partial charge in [0.05, 0.1) is 16.9 Å². The maximum atomic E-state index is 15.8. The molecule has 2 heterocycles. The number of ether oxygens (including phenoxy) is 1. The van der Waals surface area contributed by atoms with Gasteiger partial charge in [0.1, 0.15) is 22.7 Å². The van der Waals surface area contributed by atoms with Gasteiger partial charge in [-0.25, -0.2) is 18.4 Å². The Kier molecular flexibility index (Phi) is 5.58. The van der Waals surface area contributed by atoms with E-state index in [9.17, 15) is 19.5 Å². The van der Waals surface area contributed by atoms with Crippen molar-refractivity contribution in [3.8, 4) is 0 Å². The molecule has 2 aromatic rings. The Morgan fingerprint density at radius 1 is 1.21 bits per heavy atom. The van der Waals surface area contributed by atoms with E-state index in [2.05, 4.69) is 5.32 Å². The predicted molar refractivity (Wildman–Crippen MR) is 118 cm³/mol. The number of rotatable bonds is 4. The lowest BCUT2D eigenvalue weighted by Crippen LogP contribution is -2.42. The normalized spacial score (nSPS) is 20.8. The fourth-order valence-corrected chi connectivity index (χ4v) is 4.31. The summed E-state index contributed by atoms with van der Waals surface area (Å²) in [5.74, 6) is -3.42. The Bertz CT molecular complexity index is 1200. The number of carboxylic acid groups (broad SMARTS) is 1. The minimum Gasteiger partial charge on any atom is -0.477 e. The van der Waals surface area contributed by atoms with Crippen LogP contribution in [0, 0.1) is 17.6 Å². The van der Waals surface area contributed by atoms with Crippen LogP contribution >= 0.6 is 0 Å². The van der Waals surface area contributed by atoms with Gasteiger partial charge in [0.25, 0.3) is 0 Å². The van der Waals surface area contributed by atoms with Gasteiger partial charge in [-0.3, -0.25) is 4.79 Å². The van der Waals surface area contributed by atoms with E-state index in [0.29, 0.717) is 12.8 Å². The highest BCUT2D eigenvalue weighted by atomic mass is 19.1. The summed E-state index contributed by atoms with van der Waals surface area (Å²) in [7, 11) is 0. The first-order valence-corrected chi connectivity index (χ1v) is 10.9. The monoisotopic (exact) mass is 463 g/mol. The van der Waals surface area contributed by atoms with E-state index in [4.69, 9.17) is 4.74 Å². The highest BCUT2D eigenvalue weighted by Crippen LogP contribution is 2.40. The van der Waals surface area contributed by atoms with Crippen LogP contribution < -0.4 is 15.6 Å². The molecular formula is C23H27F2N3O5. The number of nitrogens with one attached hydrogen (secondary N) is 1. The van der Waals surface area contributed by atoms with Gasteiger partial charge in [0.15, 0.2) is 5.82 Å². The molecule has 1 saturated carbocycles. The maximum Gasteiger partial charge on any atom is 0.407 e. The van der Waals surface area contributed by atoms with Crippen LogP contribution in [0.25, 0.3) is 10.9 Å². The summed E-state index contributed by atoms with van der Waals surface area (Å²) < 4.78 is 37.6. The van der Waals surface area contributed by atoms with Crippen LogP contribution in [0.2, 0.25) is 0 Å². The SMILES string of the molecule is C[C@@H]1CN(c2c(F)cc3c(=O)c(C(=O)O)cn(C4CC4)c3c2F)C[C@H]1NC(=O)OC(C)(C)C. The number of benzene rings is 1. The van der Waals surface area contributed by atoms with Crippen molar-refractivity contribution >= 4 is 28.7 Å². The Balaban J connectivity index is 1.73. The van der Waals surface area contributed by atoms with Crippen molar-refractivity contribution < 1.29 is 28.2 Å². The molecule has 178 valence electrons. The van der Waals surface area contributed by atoms with Crippen LogP contribution in [-0.2, 0) is 4.74 Å². The predicted octanol–water partition coefficient (Wildman–Crippen LogP) is 3.66. The number of carbonyl (C=O) groups is 2. The van der Waals surface area contributed by atoms with Gasteiger partial charge < -0.3 is 24.6 Å². The summed E-state index contributed by atoms with van der Waals surface area (Å²) >= 11 is 0. The van der Waals surface area contributed by atoms with Crippen molar-refractivity contribution in [3.05, 3.63) is 39.7 Å². The molecular weight excluding hydrogens is 436 g/mol. The van der Waals surface area contributed by atoms with E-state index in [1.54, 1.807) is 20.8 Å². The first-order chi connectivity index (χ1) is 15.4. The van der Waals surface area contributed by atoms with E-state index in [0.717, 1.165) is 12.3 Å². The third kappa shape index (κ3) is 4.38. The van der Waals surface area contributed by atoms with Gasteiger partial charge in [-0.05, 0) is 45.6 Å². The van der Waals surface area contributed by atoms with Crippen LogP contribution in [0.5, 0.6) is 0 Å². The Hall–Kier alpha value is -3.17. The lowest BCUT2D eigenvalue weighted by atomic mass is 10.1. The van der Waals surface area contributed by atoms with E-state index in [1.807, 2.05) is 6.92 Å². The zero-order valence-electron chi connectivity index (χ0n) is 18.9. The van der Waals surface area contributed by atoms with Crippen LogP contribution in [0.4, 0.5) is 19.3 Å². The third-order valence-electron chi connectivity index (χ3n) is 5.99. The largest absolute Gasteiger partial charge is 0.477 e. The number of aromatic carboxylic acids is 1. The summed E-state index contributed by atoms with van der Waals surface area (Å²) in [6.45, 7) is 7.52. The molecule has 1 aromatic carbocycles. The molecule has 0 radical (unpaired) electrons. The Morgan fingerprint density at radius 3 is 2.45 bits per heavy atom. The first kappa shape index (κ1) is 23.0. The smallest absolute Gasteiger partial charge is 0.407 e. The van der Waals surface area contributed by atoms with Gasteiger partial charge >= 0.3 is 12.1 Å². The molecule has 4 rings (SSSR count). The molecule has 1 saturated heterocycles. The number of nitrogens with zero attached hydrogens (tertiary/aromatic N) is 2. The molecule has 33 heavy (non-hydrogen) atoms. The average Bonchev–Trinajstić information content (AvgIpc) is 3.45. The van der Waals surface area contributed by atoms with Crippen molar-refractivity contribution in [2.75, 3.05) is 18.0 Å². The molecule has 1 aliphatic heterocycles. The average molecular weight is 463 g/mol. The summed E-state index contributed by atoms with van der Waals surface area (Å²) in [6.07, 6.45) is 1.97. The standard InChI is InChI=1S/C23H27F2N3O5/c1-11-8-27(10-16(11)26-22(32)33-23(2,3)4)19-15(24)7-13-18(17(19)25)28(12-5-6-12)9-14(20(13)29)21(30)31/h7,9,11-12,16H,5-6,8,10H2,1-4H3,(H,26,32)(H,30,31)/t11-,16-/m1/s1. The lowest BCUT2D eigenvalue weighted by Gasteiger charge is -2.24. The van der Waals surface area contributed by atoms with Gasteiger partial charge in [-0.2, -0.15) is 0 Å². The molecule has 2 fully saturated rings. The molecule has 1 amide bonds. The molecule has 0 bridgehead atoms. The van der Waals surface area contributed by atoms with Crippen LogP contribution in [-0.4, -0.2) is 46.5 Å². The minimum atomic E-state index is -1.44. The van der Waals surface area contributed by atoms with Gasteiger partial charge in [-0.1, -0.05) is 6.92 Å². The van der Waals surface area contributed by atoms with E-state index < -0.39 is 46.3 Å². The number of carbonyl (C=O) groups excluding carboxylic acids is 1. The number of anilines is 1. The first-order valence-electron chi connectivity index (χ1n) is 10.9. The molecule has 2 atom stereocenters. The van der Waals surface area contributed by atoms with Gasteiger partial charge in [0.2, 0.25) is 5.43 Å². The number of aromatic nitrogens is 1. The molecule has 8 nitrogen and oxygen atoms in total. The number of hydrogen-bond donors (Lipinski definition) is 2. The fraction of sp³-hybridized carbons (Fsp3) is 0.522. The number of fused-ring (bicyclic) bond motifs is 1. The zero-order chi connectivity index (χ0) is 24.2. The Morgan fingerprint density at radius 2 is 1.88 bits per heavy atom. The van der Waals surface area contributed by atoms with Crippen molar-refractivity contribution in [1.29, 1.82) is 0 Å². The molecule has 2 aliphatic rings. The number of pyridine rings is 1. The van der Waals surface area contributed by atoms with Crippen molar-refractivity contribution in [2.24, 2.45) is 5.92 Å². The van der Waals surface area contributed by atoms with E-state index in [-0.39, 0.29) is 41.6 Å². The number of amides is 1. The van der Waals surface area contributed by atoms with Crippen LogP contribution in [0.3, 0.4) is 0 Å². The molecule has 1 aromatic heterocycles. The van der Waals surface area contributed by atoms with Crippen molar-refractivity contribution in [3.63, 3.8) is 0 Å². The van der Waals surface area contributed by atoms with E-state index >= 15 is 8.78 Å². The molecule has 1 aliphatic carbocycles. The van der Waals surface area contributed by atoms with Gasteiger partial charge in [0, 0.05) is 25.3 Å². The van der Waals surface area contributed by atoms with Crippen LogP contribution in [0.1, 0.15) is 56.9 Å². The second kappa shape index (κ2) is 8.00. The van der Waals surface area contributed by atoms with Crippen molar-refractivity contribution in [2.45, 2.75) is 58.2 Å². The highest BCUT2D eigenvalue weighted by Gasteiger charge is 2.36. The molecule has 0 spiro atoms. The quantitative estimate of drug-likeness (QED) is 0.718. The fourth-order valence-electron chi connectivity index (χ4n) is 4.31. The summed E-state index contributed by atoms with van der Waals surface area (Å²) in [4.78, 5) is 37.8. The number of halogens is 2. The Labute approximate surface area is 189 Å². The summed E-state index contributed by atoms with van der Waals surface area (Å²) in [5, 5.41) is 11.8. The second-order valence-corrected chi connectivity index (χ2v) is 9.87. The number of alkyl carbamates (subject to hydrolysis) is 1. The van der Waals surface area contributed by atoms with Crippen molar-refractivity contribution in [1.82, 2.24) is 9.88 Å². The minimum absolute atomic E-state index is 0.0971. The van der Waals surface area contributed by atoms with E-state index in [1.165, 1.54) is 9.47 Å². The second-order valence-electron chi connectivity index (χ2n) is 9.87. The summed E-state index contributed by atoms with van der Waals surface area (Å²) in [6, 6.07) is 0.383. The van der Waals surface area contributed by atoms with Crippen LogP contribution in [0.15, 0.2) is 17.1 Å². The topological polar surface area (TPSA) is 101 Å².